The maximum atomic E-state index is 13.9. The molecule has 0 amide bonds. The number of hydrogen-bond donors (Lipinski definition) is 1. The summed E-state index contributed by atoms with van der Waals surface area (Å²) in [5.74, 6) is -0.701. The lowest BCUT2D eigenvalue weighted by molar-refractivity contribution is 0.249. The van der Waals surface area contributed by atoms with Crippen LogP contribution in [-0.4, -0.2) is 32.4 Å². The van der Waals surface area contributed by atoms with Gasteiger partial charge in [0.15, 0.2) is 0 Å². The van der Waals surface area contributed by atoms with Gasteiger partial charge in [-0.1, -0.05) is 24.9 Å². The molecule has 2 rings (SSSR count). The lowest BCUT2D eigenvalue weighted by atomic mass is 9.94. The molecular formula is C14H20ClFN2O2S. The third-order valence-corrected chi connectivity index (χ3v) is 6.22. The molecule has 0 atom stereocenters. The molecule has 0 heterocycles. The van der Waals surface area contributed by atoms with Gasteiger partial charge in [0.05, 0.1) is 9.92 Å². The molecule has 0 saturated heterocycles. The highest BCUT2D eigenvalue weighted by Gasteiger charge is 2.32. The Balaban J connectivity index is 2.36. The summed E-state index contributed by atoms with van der Waals surface area (Å²) >= 11 is 5.91. The Morgan fingerprint density at radius 1 is 1.43 bits per heavy atom. The SMILES string of the molecule is CCNCc1cc(S(=O)(=O)N(C)C2CCC2)cc(F)c1Cl. The van der Waals surface area contributed by atoms with Crippen LogP contribution in [0.2, 0.25) is 5.02 Å². The molecule has 0 radical (unpaired) electrons. The van der Waals surface area contributed by atoms with Gasteiger partial charge in [0.2, 0.25) is 10.0 Å². The van der Waals surface area contributed by atoms with Crippen molar-refractivity contribution in [2.24, 2.45) is 0 Å². The van der Waals surface area contributed by atoms with Crippen molar-refractivity contribution < 1.29 is 12.8 Å². The van der Waals surface area contributed by atoms with Gasteiger partial charge in [-0.3, -0.25) is 0 Å². The van der Waals surface area contributed by atoms with Crippen molar-refractivity contribution in [3.8, 4) is 0 Å². The van der Waals surface area contributed by atoms with E-state index in [2.05, 4.69) is 5.32 Å². The molecule has 1 saturated carbocycles. The van der Waals surface area contributed by atoms with Crippen molar-refractivity contribution in [1.29, 1.82) is 0 Å². The van der Waals surface area contributed by atoms with E-state index in [-0.39, 0.29) is 16.0 Å². The van der Waals surface area contributed by atoms with Crippen molar-refractivity contribution in [1.82, 2.24) is 9.62 Å². The predicted molar refractivity (Wildman–Crippen MR) is 81.4 cm³/mol. The van der Waals surface area contributed by atoms with Gasteiger partial charge in [0.25, 0.3) is 0 Å². The van der Waals surface area contributed by atoms with Crippen molar-refractivity contribution in [3.63, 3.8) is 0 Å². The van der Waals surface area contributed by atoms with E-state index in [1.165, 1.54) is 10.4 Å². The maximum absolute atomic E-state index is 13.9. The van der Waals surface area contributed by atoms with Crippen LogP contribution in [0.1, 0.15) is 31.7 Å². The molecular weight excluding hydrogens is 315 g/mol. The van der Waals surface area contributed by atoms with E-state index in [4.69, 9.17) is 11.6 Å². The van der Waals surface area contributed by atoms with Gasteiger partial charge in [-0.2, -0.15) is 4.31 Å². The van der Waals surface area contributed by atoms with Gasteiger partial charge in [0, 0.05) is 19.6 Å². The predicted octanol–water partition coefficient (Wildman–Crippen LogP) is 2.76. The average Bonchev–Trinajstić information content (AvgIpc) is 2.38. The number of sulfonamides is 1. The minimum atomic E-state index is -3.68. The minimum absolute atomic E-state index is 0.0194. The third kappa shape index (κ3) is 3.39. The van der Waals surface area contributed by atoms with E-state index in [1.807, 2.05) is 6.92 Å². The lowest BCUT2D eigenvalue weighted by Crippen LogP contribution is -2.41. The quantitative estimate of drug-likeness (QED) is 0.870. The first-order chi connectivity index (χ1) is 9.87. The summed E-state index contributed by atoms with van der Waals surface area (Å²) in [4.78, 5) is -0.0355. The Hall–Kier alpha value is -0.690. The summed E-state index contributed by atoms with van der Waals surface area (Å²) in [7, 11) is -2.13. The van der Waals surface area contributed by atoms with Crippen LogP contribution in [0.4, 0.5) is 4.39 Å². The number of benzene rings is 1. The number of halogens is 2. The van der Waals surface area contributed by atoms with Crippen molar-refractivity contribution >= 4 is 21.6 Å². The van der Waals surface area contributed by atoms with E-state index < -0.39 is 15.8 Å². The fraction of sp³-hybridized carbons (Fsp3) is 0.571. The van der Waals surface area contributed by atoms with Gasteiger partial charge in [-0.05, 0) is 37.1 Å². The molecule has 1 aromatic rings. The lowest BCUT2D eigenvalue weighted by Gasteiger charge is -2.33. The zero-order chi connectivity index (χ0) is 15.6. The molecule has 7 heteroatoms. The highest BCUT2D eigenvalue weighted by molar-refractivity contribution is 7.89. The van der Waals surface area contributed by atoms with E-state index in [9.17, 15) is 12.8 Å². The third-order valence-electron chi connectivity index (χ3n) is 3.91. The monoisotopic (exact) mass is 334 g/mol. The summed E-state index contributed by atoms with van der Waals surface area (Å²) in [6.45, 7) is 2.94. The van der Waals surface area contributed by atoms with E-state index in [0.717, 1.165) is 25.3 Å². The molecule has 1 fully saturated rings. The molecule has 0 aromatic heterocycles. The van der Waals surface area contributed by atoms with Gasteiger partial charge >= 0.3 is 0 Å². The molecule has 1 N–H and O–H groups in total. The van der Waals surface area contributed by atoms with Crippen LogP contribution in [0.25, 0.3) is 0 Å². The van der Waals surface area contributed by atoms with Crippen LogP contribution >= 0.6 is 11.6 Å². The van der Waals surface area contributed by atoms with Gasteiger partial charge in [0.1, 0.15) is 5.82 Å². The largest absolute Gasteiger partial charge is 0.313 e. The molecule has 0 aliphatic heterocycles. The number of rotatable bonds is 6. The molecule has 21 heavy (non-hydrogen) atoms. The fourth-order valence-corrected chi connectivity index (χ4v) is 3.92. The van der Waals surface area contributed by atoms with Crippen LogP contribution < -0.4 is 5.32 Å². The average molecular weight is 335 g/mol. The molecule has 1 aromatic carbocycles. The topological polar surface area (TPSA) is 49.4 Å². The Bertz CT molecular complexity index is 618. The minimum Gasteiger partial charge on any atom is -0.313 e. The smallest absolute Gasteiger partial charge is 0.243 e. The highest BCUT2D eigenvalue weighted by atomic mass is 35.5. The molecule has 0 spiro atoms. The van der Waals surface area contributed by atoms with Gasteiger partial charge in [-0.25, -0.2) is 12.8 Å². The number of nitrogens with zero attached hydrogens (tertiary/aromatic N) is 1. The van der Waals surface area contributed by atoms with Crippen LogP contribution in [0.15, 0.2) is 17.0 Å². The normalized spacial score (nSPS) is 16.2. The van der Waals surface area contributed by atoms with Crippen LogP contribution in [-0.2, 0) is 16.6 Å². The Labute approximate surface area is 130 Å². The molecule has 1 aliphatic carbocycles. The van der Waals surface area contributed by atoms with Crippen molar-refractivity contribution in [2.45, 2.75) is 43.7 Å². The maximum Gasteiger partial charge on any atom is 0.243 e. The zero-order valence-electron chi connectivity index (χ0n) is 12.2. The van der Waals surface area contributed by atoms with Crippen molar-refractivity contribution in [2.75, 3.05) is 13.6 Å². The highest BCUT2D eigenvalue weighted by Crippen LogP contribution is 2.31. The molecule has 118 valence electrons. The van der Waals surface area contributed by atoms with Crippen molar-refractivity contribution in [3.05, 3.63) is 28.5 Å². The number of hydrogen-bond acceptors (Lipinski definition) is 3. The second-order valence-corrected chi connectivity index (χ2v) is 7.64. The fourth-order valence-electron chi connectivity index (χ4n) is 2.27. The molecule has 0 bridgehead atoms. The van der Waals surface area contributed by atoms with Gasteiger partial charge in [-0.15, -0.1) is 0 Å². The Kier molecular flexibility index (Phi) is 5.24. The standard InChI is InChI=1S/C14H20ClFN2O2S/c1-3-17-9-10-7-12(8-13(16)14(10)15)21(19,20)18(2)11-5-4-6-11/h7-8,11,17H,3-6,9H2,1-2H3. The second kappa shape index (κ2) is 6.60. The first-order valence-electron chi connectivity index (χ1n) is 7.04. The number of nitrogens with one attached hydrogen (secondary N) is 1. The summed E-state index contributed by atoms with van der Waals surface area (Å²) in [5, 5.41) is 3.00. The van der Waals surface area contributed by atoms with Gasteiger partial charge < -0.3 is 5.32 Å². The zero-order valence-corrected chi connectivity index (χ0v) is 13.8. The molecule has 4 nitrogen and oxygen atoms in total. The molecule has 0 unspecified atom stereocenters. The Morgan fingerprint density at radius 2 is 2.10 bits per heavy atom. The van der Waals surface area contributed by atoms with Crippen LogP contribution in [0, 0.1) is 5.82 Å². The summed E-state index contributed by atoms with van der Waals surface area (Å²) < 4.78 is 40.4. The first kappa shape index (κ1) is 16.7. The summed E-state index contributed by atoms with van der Waals surface area (Å²) in [6.07, 6.45) is 2.75. The van der Waals surface area contributed by atoms with Crippen LogP contribution in [0.3, 0.4) is 0 Å². The Morgan fingerprint density at radius 3 is 2.62 bits per heavy atom. The van der Waals surface area contributed by atoms with E-state index in [0.29, 0.717) is 18.7 Å². The second-order valence-electron chi connectivity index (χ2n) is 5.26. The summed E-state index contributed by atoms with van der Waals surface area (Å²) in [6, 6.07) is 2.48. The van der Waals surface area contributed by atoms with Crippen LogP contribution in [0.5, 0.6) is 0 Å². The summed E-state index contributed by atoms with van der Waals surface area (Å²) in [5.41, 5.74) is 0.458. The molecule has 1 aliphatic rings. The van der Waals surface area contributed by atoms with E-state index >= 15 is 0 Å². The van der Waals surface area contributed by atoms with E-state index in [1.54, 1.807) is 7.05 Å². The first-order valence-corrected chi connectivity index (χ1v) is 8.86.